The number of rotatable bonds is 1. The standard InChI is InChI=1S/C11H20N4/c1-11(2)5-4-8(12)6-9(11)10-13-7-15(3)14-10/h7-9H,4-6,12H2,1-3H3. The number of hydrogen-bond donors (Lipinski definition) is 1. The van der Waals surface area contributed by atoms with Crippen LogP contribution in [0, 0.1) is 5.41 Å². The van der Waals surface area contributed by atoms with Gasteiger partial charge in [0.25, 0.3) is 0 Å². The summed E-state index contributed by atoms with van der Waals surface area (Å²) in [7, 11) is 1.91. The molecule has 2 rings (SSSR count). The van der Waals surface area contributed by atoms with Crippen LogP contribution in [-0.2, 0) is 7.05 Å². The van der Waals surface area contributed by atoms with Gasteiger partial charge in [-0.05, 0) is 24.7 Å². The van der Waals surface area contributed by atoms with E-state index in [9.17, 15) is 0 Å². The van der Waals surface area contributed by atoms with Gasteiger partial charge in [-0.2, -0.15) is 5.10 Å². The molecule has 15 heavy (non-hydrogen) atoms. The lowest BCUT2D eigenvalue weighted by atomic mass is 9.67. The van der Waals surface area contributed by atoms with Gasteiger partial charge in [0.05, 0.1) is 0 Å². The third-order valence-corrected chi connectivity index (χ3v) is 3.57. The van der Waals surface area contributed by atoms with Gasteiger partial charge in [0.15, 0.2) is 5.82 Å². The Morgan fingerprint density at radius 2 is 2.27 bits per heavy atom. The number of nitrogens with zero attached hydrogens (tertiary/aromatic N) is 3. The van der Waals surface area contributed by atoms with Crippen molar-refractivity contribution in [2.24, 2.45) is 18.2 Å². The largest absolute Gasteiger partial charge is 0.328 e. The van der Waals surface area contributed by atoms with E-state index in [-0.39, 0.29) is 5.41 Å². The van der Waals surface area contributed by atoms with Crippen LogP contribution in [0.25, 0.3) is 0 Å². The maximum Gasteiger partial charge on any atom is 0.154 e. The molecule has 4 heteroatoms. The smallest absolute Gasteiger partial charge is 0.154 e. The van der Waals surface area contributed by atoms with Crippen LogP contribution in [0.1, 0.15) is 44.9 Å². The average molecular weight is 208 g/mol. The average Bonchev–Trinajstić information content (AvgIpc) is 2.56. The molecule has 1 saturated carbocycles. The number of nitrogens with two attached hydrogens (primary N) is 1. The molecule has 0 radical (unpaired) electrons. The van der Waals surface area contributed by atoms with E-state index in [0.717, 1.165) is 25.1 Å². The van der Waals surface area contributed by atoms with Crippen LogP contribution in [0.3, 0.4) is 0 Å². The first kappa shape index (κ1) is 10.6. The van der Waals surface area contributed by atoms with Crippen LogP contribution < -0.4 is 5.73 Å². The Morgan fingerprint density at radius 3 is 2.87 bits per heavy atom. The minimum absolute atomic E-state index is 0.275. The van der Waals surface area contributed by atoms with E-state index in [0.29, 0.717) is 12.0 Å². The molecule has 1 aromatic heterocycles. The predicted octanol–water partition coefficient (Wildman–Crippen LogP) is 1.44. The van der Waals surface area contributed by atoms with Crippen LogP contribution in [0.15, 0.2) is 6.33 Å². The monoisotopic (exact) mass is 208 g/mol. The summed E-state index contributed by atoms with van der Waals surface area (Å²) in [4.78, 5) is 4.37. The maximum atomic E-state index is 6.03. The Labute approximate surface area is 90.9 Å². The Bertz CT molecular complexity index is 342. The molecule has 0 aromatic carbocycles. The Kier molecular flexibility index (Phi) is 2.54. The van der Waals surface area contributed by atoms with Crippen LogP contribution in [0.5, 0.6) is 0 Å². The first-order valence-electron chi connectivity index (χ1n) is 5.60. The van der Waals surface area contributed by atoms with Gasteiger partial charge in [0, 0.05) is 19.0 Å². The molecule has 1 aliphatic rings. The van der Waals surface area contributed by atoms with Crippen molar-refractivity contribution in [3.8, 4) is 0 Å². The second-order valence-corrected chi connectivity index (χ2v) is 5.35. The van der Waals surface area contributed by atoms with Crippen molar-refractivity contribution >= 4 is 0 Å². The van der Waals surface area contributed by atoms with Crippen molar-refractivity contribution in [2.75, 3.05) is 0 Å². The zero-order chi connectivity index (χ0) is 11.1. The first-order valence-corrected chi connectivity index (χ1v) is 5.60. The van der Waals surface area contributed by atoms with E-state index in [4.69, 9.17) is 5.73 Å². The summed E-state index contributed by atoms with van der Waals surface area (Å²) in [6.45, 7) is 4.58. The predicted molar refractivity (Wildman–Crippen MR) is 59.4 cm³/mol. The zero-order valence-electron chi connectivity index (χ0n) is 9.77. The quantitative estimate of drug-likeness (QED) is 0.759. The molecule has 0 aliphatic heterocycles. The lowest BCUT2D eigenvalue weighted by Gasteiger charge is -2.39. The summed E-state index contributed by atoms with van der Waals surface area (Å²) in [5.41, 5.74) is 6.30. The molecule has 0 bridgehead atoms. The fourth-order valence-electron chi connectivity index (χ4n) is 2.44. The summed E-state index contributed by atoms with van der Waals surface area (Å²) in [5.74, 6) is 1.36. The molecule has 1 aliphatic carbocycles. The van der Waals surface area contributed by atoms with Crippen LogP contribution in [0.2, 0.25) is 0 Å². The summed E-state index contributed by atoms with van der Waals surface area (Å²) < 4.78 is 1.77. The van der Waals surface area contributed by atoms with E-state index in [1.54, 1.807) is 11.0 Å². The van der Waals surface area contributed by atoms with Gasteiger partial charge in [0.2, 0.25) is 0 Å². The molecule has 2 unspecified atom stereocenters. The number of aromatic nitrogens is 3. The van der Waals surface area contributed by atoms with Gasteiger partial charge in [-0.1, -0.05) is 13.8 Å². The normalized spacial score (nSPS) is 30.4. The van der Waals surface area contributed by atoms with Gasteiger partial charge in [-0.15, -0.1) is 0 Å². The highest BCUT2D eigenvalue weighted by Gasteiger charge is 2.38. The van der Waals surface area contributed by atoms with Gasteiger partial charge in [0.1, 0.15) is 6.33 Å². The summed E-state index contributed by atoms with van der Waals surface area (Å²) in [6, 6.07) is 0.312. The summed E-state index contributed by atoms with van der Waals surface area (Å²) in [6.07, 6.45) is 5.07. The van der Waals surface area contributed by atoms with Crippen molar-refractivity contribution in [1.82, 2.24) is 14.8 Å². The molecule has 2 N–H and O–H groups in total. The molecule has 4 nitrogen and oxygen atoms in total. The second-order valence-electron chi connectivity index (χ2n) is 5.35. The van der Waals surface area contributed by atoms with E-state index < -0.39 is 0 Å². The fourth-order valence-corrected chi connectivity index (χ4v) is 2.44. The molecule has 1 fully saturated rings. The van der Waals surface area contributed by atoms with Gasteiger partial charge < -0.3 is 5.73 Å². The van der Waals surface area contributed by atoms with Crippen molar-refractivity contribution in [1.29, 1.82) is 0 Å². The van der Waals surface area contributed by atoms with E-state index >= 15 is 0 Å². The summed E-state index contributed by atoms with van der Waals surface area (Å²) >= 11 is 0. The molecular weight excluding hydrogens is 188 g/mol. The van der Waals surface area contributed by atoms with Crippen LogP contribution in [-0.4, -0.2) is 20.8 Å². The van der Waals surface area contributed by atoms with Crippen molar-refractivity contribution in [3.63, 3.8) is 0 Å². The maximum absolute atomic E-state index is 6.03. The second kappa shape index (κ2) is 3.59. The minimum atomic E-state index is 0.275. The molecular formula is C11H20N4. The molecule has 0 spiro atoms. The van der Waals surface area contributed by atoms with Crippen LogP contribution in [0.4, 0.5) is 0 Å². The molecule has 0 saturated heterocycles. The molecule has 0 amide bonds. The lowest BCUT2D eigenvalue weighted by molar-refractivity contribution is 0.176. The topological polar surface area (TPSA) is 56.7 Å². The summed E-state index contributed by atoms with van der Waals surface area (Å²) in [5, 5.41) is 4.41. The van der Waals surface area contributed by atoms with Crippen molar-refractivity contribution < 1.29 is 0 Å². The first-order chi connectivity index (χ1) is 6.99. The fraction of sp³-hybridized carbons (Fsp3) is 0.818. The van der Waals surface area contributed by atoms with E-state index in [2.05, 4.69) is 23.9 Å². The highest BCUT2D eigenvalue weighted by Crippen LogP contribution is 2.45. The number of aryl methyl sites for hydroxylation is 1. The molecule has 2 atom stereocenters. The van der Waals surface area contributed by atoms with Crippen molar-refractivity contribution in [3.05, 3.63) is 12.2 Å². The third-order valence-electron chi connectivity index (χ3n) is 3.57. The molecule has 84 valence electrons. The van der Waals surface area contributed by atoms with Gasteiger partial charge in [-0.3, -0.25) is 4.68 Å². The number of hydrogen-bond acceptors (Lipinski definition) is 3. The zero-order valence-corrected chi connectivity index (χ0v) is 9.77. The highest BCUT2D eigenvalue weighted by molar-refractivity contribution is 5.05. The van der Waals surface area contributed by atoms with Crippen molar-refractivity contribution in [2.45, 2.75) is 45.1 Å². The van der Waals surface area contributed by atoms with Gasteiger partial charge in [-0.25, -0.2) is 4.98 Å². The van der Waals surface area contributed by atoms with Crippen LogP contribution >= 0.6 is 0 Å². The Hall–Kier alpha value is -0.900. The van der Waals surface area contributed by atoms with E-state index in [1.165, 1.54) is 0 Å². The Morgan fingerprint density at radius 1 is 1.53 bits per heavy atom. The van der Waals surface area contributed by atoms with Gasteiger partial charge >= 0.3 is 0 Å². The third kappa shape index (κ3) is 2.04. The lowest BCUT2D eigenvalue weighted by Crippen LogP contribution is -2.37. The minimum Gasteiger partial charge on any atom is -0.328 e. The SMILES string of the molecule is Cn1cnc(C2CC(N)CCC2(C)C)n1. The highest BCUT2D eigenvalue weighted by atomic mass is 15.3. The molecule has 1 aromatic rings. The van der Waals surface area contributed by atoms with E-state index in [1.807, 2.05) is 7.05 Å². The molecule has 1 heterocycles. The Balaban J connectivity index is 2.25.